The summed E-state index contributed by atoms with van der Waals surface area (Å²) in [6.07, 6.45) is -3.27. The Labute approximate surface area is 73.5 Å². The van der Waals surface area contributed by atoms with Crippen molar-refractivity contribution in [2.24, 2.45) is 0 Å². The monoisotopic (exact) mass is 197 g/mol. The average Bonchev–Trinajstić information content (AvgIpc) is 1.95. The van der Waals surface area contributed by atoms with E-state index in [2.05, 4.69) is 0 Å². The van der Waals surface area contributed by atoms with Crippen molar-refractivity contribution in [2.45, 2.75) is 12.6 Å². The number of hydrogen-bond acceptors (Lipinski definition) is 2. The fourth-order valence-electron chi connectivity index (χ4n) is 0.569. The Balaban J connectivity index is 3.76. The van der Waals surface area contributed by atoms with E-state index in [1.54, 1.807) is 0 Å². The van der Waals surface area contributed by atoms with Gasteiger partial charge in [0.05, 0.1) is 6.42 Å². The first-order valence-corrected chi connectivity index (χ1v) is 3.49. The first-order valence-electron chi connectivity index (χ1n) is 3.49. The van der Waals surface area contributed by atoms with Crippen molar-refractivity contribution in [2.75, 3.05) is 13.6 Å². The fraction of sp³-hybridized carbons (Fsp3) is 0.571. The summed E-state index contributed by atoms with van der Waals surface area (Å²) in [4.78, 5) is 11.1. The van der Waals surface area contributed by atoms with Crippen molar-refractivity contribution >= 4 is 5.97 Å². The minimum absolute atomic E-state index is 0.243. The van der Waals surface area contributed by atoms with Crippen molar-refractivity contribution in [3.8, 4) is 0 Å². The topological polar surface area (TPSA) is 40.5 Å². The average molecular weight is 197 g/mol. The predicted molar refractivity (Wildman–Crippen MR) is 40.1 cm³/mol. The number of nitrogens with zero attached hydrogens (tertiary/aromatic N) is 1. The summed E-state index contributed by atoms with van der Waals surface area (Å²) in [5.41, 5.74) is 0. The largest absolute Gasteiger partial charge is 0.478 e. The number of rotatable bonds is 4. The van der Waals surface area contributed by atoms with Crippen LogP contribution in [0.1, 0.15) is 6.42 Å². The molecule has 0 saturated heterocycles. The Morgan fingerprint density at radius 1 is 1.54 bits per heavy atom. The molecule has 13 heavy (non-hydrogen) atoms. The number of carboxylic acids is 1. The third-order valence-electron chi connectivity index (χ3n) is 1.22. The van der Waals surface area contributed by atoms with Crippen LogP contribution >= 0.6 is 0 Å². The highest BCUT2D eigenvalue weighted by Gasteiger charge is 2.26. The number of carbonyl (C=O) groups is 1. The van der Waals surface area contributed by atoms with Gasteiger partial charge in [0.25, 0.3) is 0 Å². The van der Waals surface area contributed by atoms with Crippen molar-refractivity contribution < 1.29 is 23.1 Å². The maximum Gasteiger partial charge on any atom is 0.390 e. The van der Waals surface area contributed by atoms with Crippen LogP contribution in [0.3, 0.4) is 0 Å². The van der Waals surface area contributed by atoms with E-state index >= 15 is 0 Å². The molecule has 6 heteroatoms. The molecule has 0 unspecified atom stereocenters. The zero-order chi connectivity index (χ0) is 10.5. The second-order valence-electron chi connectivity index (χ2n) is 2.50. The molecule has 3 nitrogen and oxygen atoms in total. The van der Waals surface area contributed by atoms with Gasteiger partial charge >= 0.3 is 12.1 Å². The molecule has 0 spiro atoms. The highest BCUT2D eigenvalue weighted by Crippen LogP contribution is 2.19. The van der Waals surface area contributed by atoms with Gasteiger partial charge < -0.3 is 10.0 Å². The van der Waals surface area contributed by atoms with Gasteiger partial charge in [-0.2, -0.15) is 13.2 Å². The first-order chi connectivity index (χ1) is 5.81. The lowest BCUT2D eigenvalue weighted by atomic mass is 10.4. The lowest BCUT2D eigenvalue weighted by molar-refractivity contribution is -0.136. The van der Waals surface area contributed by atoms with Gasteiger partial charge in [0.15, 0.2) is 0 Å². The minimum Gasteiger partial charge on any atom is -0.478 e. The third-order valence-corrected chi connectivity index (χ3v) is 1.22. The van der Waals surface area contributed by atoms with Gasteiger partial charge in [0.2, 0.25) is 0 Å². The van der Waals surface area contributed by atoms with Gasteiger partial charge in [-0.1, -0.05) is 0 Å². The molecule has 0 aromatic heterocycles. The molecular formula is C7H10F3NO2. The van der Waals surface area contributed by atoms with Crippen LogP contribution in [-0.2, 0) is 4.79 Å². The van der Waals surface area contributed by atoms with Crippen LogP contribution in [0.25, 0.3) is 0 Å². The minimum atomic E-state index is -4.20. The maximum atomic E-state index is 11.6. The van der Waals surface area contributed by atoms with E-state index in [4.69, 9.17) is 5.11 Å². The van der Waals surface area contributed by atoms with E-state index in [1.807, 2.05) is 0 Å². The molecule has 0 radical (unpaired) electrons. The molecule has 0 heterocycles. The maximum absolute atomic E-state index is 11.6. The van der Waals surface area contributed by atoms with Gasteiger partial charge in [0, 0.05) is 25.9 Å². The van der Waals surface area contributed by atoms with Crippen molar-refractivity contribution in [3.63, 3.8) is 0 Å². The lowest BCUT2D eigenvalue weighted by Gasteiger charge is -2.14. The lowest BCUT2D eigenvalue weighted by Crippen LogP contribution is -2.20. The molecule has 0 aliphatic heterocycles. The Kier molecular flexibility index (Phi) is 4.30. The molecule has 0 aromatic rings. The van der Waals surface area contributed by atoms with Gasteiger partial charge in [-0.05, 0) is 0 Å². The highest BCUT2D eigenvalue weighted by atomic mass is 19.4. The molecular weight excluding hydrogens is 187 g/mol. The van der Waals surface area contributed by atoms with E-state index in [-0.39, 0.29) is 6.54 Å². The Bertz CT molecular complexity index is 200. The van der Waals surface area contributed by atoms with Crippen LogP contribution < -0.4 is 0 Å². The van der Waals surface area contributed by atoms with Gasteiger partial charge in [-0.15, -0.1) is 0 Å². The third kappa shape index (κ3) is 8.71. The first kappa shape index (κ1) is 11.8. The number of hydrogen-bond donors (Lipinski definition) is 1. The SMILES string of the molecule is CN(C=CC(=O)O)CCC(F)(F)F. The molecule has 0 bridgehead atoms. The zero-order valence-electron chi connectivity index (χ0n) is 7.01. The van der Waals surface area contributed by atoms with Crippen molar-refractivity contribution in [1.29, 1.82) is 0 Å². The molecule has 0 aliphatic carbocycles. The fourth-order valence-corrected chi connectivity index (χ4v) is 0.569. The molecule has 0 aliphatic rings. The summed E-state index contributed by atoms with van der Waals surface area (Å²) < 4.78 is 34.9. The standard InChI is InChI=1S/C7H10F3NO2/c1-11(4-2-6(12)13)5-3-7(8,9)10/h2,4H,3,5H2,1H3,(H,12,13). The van der Waals surface area contributed by atoms with E-state index in [1.165, 1.54) is 11.9 Å². The van der Waals surface area contributed by atoms with Gasteiger partial charge in [0.1, 0.15) is 0 Å². The molecule has 76 valence electrons. The number of halogens is 3. The second-order valence-corrected chi connectivity index (χ2v) is 2.50. The number of alkyl halides is 3. The van der Waals surface area contributed by atoms with Gasteiger partial charge in [-0.3, -0.25) is 0 Å². The van der Waals surface area contributed by atoms with E-state index in [0.717, 1.165) is 12.3 Å². The highest BCUT2D eigenvalue weighted by molar-refractivity contribution is 5.79. The molecule has 1 N–H and O–H groups in total. The van der Waals surface area contributed by atoms with Crippen molar-refractivity contribution in [1.82, 2.24) is 4.90 Å². The van der Waals surface area contributed by atoms with Crippen molar-refractivity contribution in [3.05, 3.63) is 12.3 Å². The molecule has 0 rings (SSSR count). The summed E-state index contributed by atoms with van der Waals surface area (Å²) in [5.74, 6) is -1.18. The summed E-state index contributed by atoms with van der Waals surface area (Å²) in [5, 5.41) is 8.15. The Morgan fingerprint density at radius 2 is 2.08 bits per heavy atom. The summed E-state index contributed by atoms with van der Waals surface area (Å²) in [7, 11) is 1.38. The summed E-state index contributed by atoms with van der Waals surface area (Å²) in [6.45, 7) is -0.243. The second kappa shape index (κ2) is 4.74. The molecule has 0 aromatic carbocycles. The Hall–Kier alpha value is -1.20. The van der Waals surface area contributed by atoms with Gasteiger partial charge in [-0.25, -0.2) is 4.79 Å². The van der Waals surface area contributed by atoms with Crippen LogP contribution in [0.15, 0.2) is 12.3 Å². The van der Waals surface area contributed by atoms with E-state index in [0.29, 0.717) is 0 Å². The van der Waals surface area contributed by atoms with Crippen LogP contribution in [0.4, 0.5) is 13.2 Å². The van der Waals surface area contributed by atoms with Crippen LogP contribution in [0, 0.1) is 0 Å². The molecule has 0 fully saturated rings. The zero-order valence-corrected chi connectivity index (χ0v) is 7.01. The number of aliphatic carboxylic acids is 1. The van der Waals surface area contributed by atoms with Crippen LogP contribution in [0.2, 0.25) is 0 Å². The summed E-state index contributed by atoms with van der Waals surface area (Å²) in [6, 6.07) is 0. The summed E-state index contributed by atoms with van der Waals surface area (Å²) >= 11 is 0. The molecule has 0 atom stereocenters. The van der Waals surface area contributed by atoms with Crippen LogP contribution in [0.5, 0.6) is 0 Å². The molecule has 0 saturated carbocycles. The quantitative estimate of drug-likeness (QED) is 0.694. The smallest absolute Gasteiger partial charge is 0.390 e. The molecule has 0 amide bonds. The normalized spacial score (nSPS) is 12.0. The Morgan fingerprint density at radius 3 is 2.46 bits per heavy atom. The number of carboxylic acid groups (broad SMARTS) is 1. The van der Waals surface area contributed by atoms with E-state index in [9.17, 15) is 18.0 Å². The predicted octanol–water partition coefficient (Wildman–Crippen LogP) is 1.47. The van der Waals surface area contributed by atoms with Crippen LogP contribution in [-0.4, -0.2) is 35.7 Å². The van der Waals surface area contributed by atoms with E-state index < -0.39 is 18.6 Å².